The summed E-state index contributed by atoms with van der Waals surface area (Å²) in [5, 5.41) is 11.9. The molecule has 0 bridgehead atoms. The van der Waals surface area contributed by atoms with Gasteiger partial charge >= 0.3 is 0 Å². The van der Waals surface area contributed by atoms with Crippen LogP contribution in [0, 0.1) is 0 Å². The van der Waals surface area contributed by atoms with Crippen LogP contribution in [0.2, 0.25) is 0 Å². The van der Waals surface area contributed by atoms with Crippen molar-refractivity contribution in [2.45, 2.75) is 0 Å². The molecule has 0 aliphatic carbocycles. The van der Waals surface area contributed by atoms with Crippen molar-refractivity contribution in [1.29, 1.82) is 0 Å². The van der Waals surface area contributed by atoms with Gasteiger partial charge in [0.2, 0.25) is 10.9 Å². The molecule has 0 spiro atoms. The van der Waals surface area contributed by atoms with E-state index >= 15 is 0 Å². The van der Waals surface area contributed by atoms with Crippen LogP contribution in [0.15, 0.2) is 34.8 Å². The van der Waals surface area contributed by atoms with Crippen molar-refractivity contribution >= 4 is 50.5 Å². The highest BCUT2D eigenvalue weighted by Gasteiger charge is 2.18. The highest BCUT2D eigenvalue weighted by atomic mass is 79.9. The maximum Gasteiger partial charge on any atom is 0.257 e. The van der Waals surface area contributed by atoms with Gasteiger partial charge in [-0.3, -0.25) is 10.1 Å². The summed E-state index contributed by atoms with van der Waals surface area (Å²) in [6.07, 6.45) is 3.62. The molecule has 8 nitrogen and oxygen atoms in total. The van der Waals surface area contributed by atoms with Crippen molar-refractivity contribution in [1.82, 2.24) is 10.2 Å². The van der Waals surface area contributed by atoms with E-state index in [4.69, 9.17) is 18.9 Å². The van der Waals surface area contributed by atoms with Crippen LogP contribution in [0.1, 0.15) is 20.9 Å². The van der Waals surface area contributed by atoms with E-state index in [1.54, 1.807) is 58.8 Å². The van der Waals surface area contributed by atoms with Crippen LogP contribution in [-0.4, -0.2) is 44.5 Å². The van der Waals surface area contributed by atoms with Crippen LogP contribution >= 0.6 is 27.3 Å². The highest BCUT2D eigenvalue weighted by molar-refractivity contribution is 9.10. The third kappa shape index (κ3) is 5.15. The number of carbonyl (C=O) groups is 1. The predicted molar refractivity (Wildman–Crippen MR) is 124 cm³/mol. The molecule has 2 aromatic carbocycles. The first-order chi connectivity index (χ1) is 15.0. The fraction of sp³-hybridized carbons (Fsp3) is 0.190. The second-order valence-electron chi connectivity index (χ2n) is 6.01. The number of nitrogens with zero attached hydrogens (tertiary/aromatic N) is 2. The normalized spacial score (nSPS) is 10.7. The average molecular weight is 506 g/mol. The van der Waals surface area contributed by atoms with Gasteiger partial charge in [-0.2, -0.15) is 0 Å². The van der Waals surface area contributed by atoms with E-state index in [0.717, 1.165) is 5.56 Å². The monoisotopic (exact) mass is 505 g/mol. The van der Waals surface area contributed by atoms with E-state index in [2.05, 4.69) is 31.4 Å². The molecule has 0 aliphatic heterocycles. The lowest BCUT2D eigenvalue weighted by Crippen LogP contribution is -2.11. The Hall–Kier alpha value is -3.11. The van der Waals surface area contributed by atoms with Gasteiger partial charge in [-0.1, -0.05) is 23.5 Å². The fourth-order valence-corrected chi connectivity index (χ4v) is 3.94. The molecule has 0 saturated heterocycles. The van der Waals surface area contributed by atoms with Crippen LogP contribution in [0.5, 0.6) is 23.0 Å². The maximum absolute atomic E-state index is 12.4. The summed E-state index contributed by atoms with van der Waals surface area (Å²) in [7, 11) is 6.20. The maximum atomic E-state index is 12.4. The minimum absolute atomic E-state index is 0.294. The van der Waals surface area contributed by atoms with E-state index in [0.29, 0.717) is 43.2 Å². The summed E-state index contributed by atoms with van der Waals surface area (Å²) in [6, 6.07) is 8.68. The number of halogens is 1. The number of carbonyl (C=O) groups excluding carboxylic acids is 1. The topological polar surface area (TPSA) is 91.8 Å². The molecule has 0 aliphatic rings. The number of hydrogen-bond donors (Lipinski definition) is 1. The molecular weight excluding hydrogens is 486 g/mol. The third-order valence-electron chi connectivity index (χ3n) is 4.20. The minimum atomic E-state index is -0.294. The Morgan fingerprint density at radius 1 is 1.00 bits per heavy atom. The molecule has 31 heavy (non-hydrogen) atoms. The molecule has 0 unspecified atom stereocenters. The molecule has 3 rings (SSSR count). The molecule has 1 N–H and O–H groups in total. The van der Waals surface area contributed by atoms with Gasteiger partial charge in [-0.25, -0.2) is 0 Å². The summed E-state index contributed by atoms with van der Waals surface area (Å²) in [5.41, 5.74) is 1.26. The van der Waals surface area contributed by atoms with Gasteiger partial charge in [0.15, 0.2) is 11.5 Å². The first-order valence-corrected chi connectivity index (χ1v) is 10.6. The minimum Gasteiger partial charge on any atom is -0.497 e. The Morgan fingerprint density at radius 2 is 1.77 bits per heavy atom. The lowest BCUT2D eigenvalue weighted by atomic mass is 10.1. The number of rotatable bonds is 8. The molecule has 1 aromatic heterocycles. The molecule has 10 heteroatoms. The SMILES string of the molecule is COc1cccc(C(=O)Nc2nnc(/C=C/c3cc(OC)c(OC)c(OC)c3Br)s2)c1. The van der Waals surface area contributed by atoms with Gasteiger partial charge in [0.05, 0.1) is 32.9 Å². The fourth-order valence-electron chi connectivity index (χ4n) is 2.71. The summed E-state index contributed by atoms with van der Waals surface area (Å²) in [4.78, 5) is 12.4. The quantitative estimate of drug-likeness (QED) is 0.471. The van der Waals surface area contributed by atoms with Crippen molar-refractivity contribution in [3.05, 3.63) is 50.9 Å². The molecule has 162 valence electrons. The van der Waals surface area contributed by atoms with E-state index in [1.165, 1.54) is 11.3 Å². The number of hydrogen-bond acceptors (Lipinski definition) is 8. The predicted octanol–water partition coefficient (Wildman–Crippen LogP) is 4.76. The lowest BCUT2D eigenvalue weighted by molar-refractivity contribution is 0.102. The molecule has 3 aromatic rings. The van der Waals surface area contributed by atoms with Crippen molar-refractivity contribution in [3.63, 3.8) is 0 Å². The van der Waals surface area contributed by atoms with E-state index in [-0.39, 0.29) is 5.91 Å². The van der Waals surface area contributed by atoms with Crippen LogP contribution in [0.3, 0.4) is 0 Å². The molecule has 0 fully saturated rings. The number of methoxy groups -OCH3 is 4. The number of benzene rings is 2. The van der Waals surface area contributed by atoms with Crippen molar-refractivity contribution < 1.29 is 23.7 Å². The average Bonchev–Trinajstić information content (AvgIpc) is 3.24. The molecule has 1 amide bonds. The molecule has 0 atom stereocenters. The molecule has 0 radical (unpaired) electrons. The number of aromatic nitrogens is 2. The Morgan fingerprint density at radius 3 is 2.45 bits per heavy atom. The molecular formula is C21H20BrN3O5S. The first kappa shape index (κ1) is 22.6. The van der Waals surface area contributed by atoms with Gasteiger partial charge in [-0.15, -0.1) is 10.2 Å². The second kappa shape index (κ2) is 10.3. The smallest absolute Gasteiger partial charge is 0.257 e. The van der Waals surface area contributed by atoms with Crippen LogP contribution in [-0.2, 0) is 0 Å². The van der Waals surface area contributed by atoms with Gasteiger partial charge in [0, 0.05) is 5.56 Å². The Kier molecular flexibility index (Phi) is 7.48. The van der Waals surface area contributed by atoms with Crippen LogP contribution in [0.4, 0.5) is 5.13 Å². The molecule has 0 saturated carbocycles. The zero-order valence-corrected chi connectivity index (χ0v) is 19.7. The van der Waals surface area contributed by atoms with Gasteiger partial charge in [0.25, 0.3) is 5.91 Å². The summed E-state index contributed by atoms with van der Waals surface area (Å²) >= 11 is 4.78. The Bertz CT molecular complexity index is 1120. The Balaban J connectivity index is 1.78. The van der Waals surface area contributed by atoms with E-state index in [1.807, 2.05) is 12.1 Å². The molecule has 1 heterocycles. The standard InChI is InChI=1S/C21H20BrN3O5S/c1-27-14-7-5-6-13(10-14)20(26)23-21-25-24-16(31-21)9-8-12-11-15(28-2)18(29-3)19(30-4)17(12)22/h5-11H,1-4H3,(H,23,25,26)/b9-8+. The first-order valence-electron chi connectivity index (χ1n) is 8.96. The van der Waals surface area contributed by atoms with Gasteiger partial charge in [0.1, 0.15) is 10.8 Å². The van der Waals surface area contributed by atoms with Crippen molar-refractivity contribution in [2.24, 2.45) is 0 Å². The van der Waals surface area contributed by atoms with Crippen molar-refractivity contribution in [3.8, 4) is 23.0 Å². The summed E-state index contributed by atoms with van der Waals surface area (Å²) in [6.45, 7) is 0. The zero-order chi connectivity index (χ0) is 22.4. The summed E-state index contributed by atoms with van der Waals surface area (Å²) < 4.78 is 22.1. The van der Waals surface area contributed by atoms with Gasteiger partial charge < -0.3 is 18.9 Å². The number of anilines is 1. The third-order valence-corrected chi connectivity index (χ3v) is 5.82. The second-order valence-corrected chi connectivity index (χ2v) is 7.82. The largest absolute Gasteiger partial charge is 0.497 e. The Labute approximate surface area is 191 Å². The van der Waals surface area contributed by atoms with E-state index in [9.17, 15) is 4.79 Å². The van der Waals surface area contributed by atoms with Crippen LogP contribution < -0.4 is 24.3 Å². The number of ether oxygens (including phenoxy) is 4. The van der Waals surface area contributed by atoms with Gasteiger partial charge in [-0.05, 0) is 51.8 Å². The van der Waals surface area contributed by atoms with Crippen LogP contribution in [0.25, 0.3) is 12.2 Å². The zero-order valence-electron chi connectivity index (χ0n) is 17.3. The number of amides is 1. The highest BCUT2D eigenvalue weighted by Crippen LogP contribution is 2.45. The van der Waals surface area contributed by atoms with E-state index < -0.39 is 0 Å². The lowest BCUT2D eigenvalue weighted by Gasteiger charge is -2.15. The number of nitrogens with one attached hydrogen (secondary N) is 1. The van der Waals surface area contributed by atoms with Crippen molar-refractivity contribution in [2.75, 3.05) is 33.8 Å². The summed E-state index contributed by atoms with van der Waals surface area (Å²) in [5.74, 6) is 1.85.